The normalized spacial score (nSPS) is 13.8. The minimum absolute atomic E-state index is 0.382. The van der Waals surface area contributed by atoms with Crippen molar-refractivity contribution in [3.8, 4) is 5.75 Å². The lowest BCUT2D eigenvalue weighted by Gasteiger charge is -2.19. The van der Waals surface area contributed by atoms with Crippen molar-refractivity contribution >= 4 is 15.9 Å². The molecule has 0 radical (unpaired) electrons. The summed E-state index contributed by atoms with van der Waals surface area (Å²) in [6.07, 6.45) is 1.03. The Morgan fingerprint density at radius 3 is 2.16 bits per heavy atom. The van der Waals surface area contributed by atoms with Gasteiger partial charge < -0.3 is 4.74 Å². The van der Waals surface area contributed by atoms with Gasteiger partial charge in [-0.3, -0.25) is 0 Å². The van der Waals surface area contributed by atoms with E-state index >= 15 is 0 Å². The third-order valence-electron chi connectivity index (χ3n) is 3.20. The molecule has 0 fully saturated rings. The van der Waals surface area contributed by atoms with E-state index in [0.717, 1.165) is 18.8 Å². The van der Waals surface area contributed by atoms with Crippen LogP contribution in [0.15, 0.2) is 60.7 Å². The molecular weight excluding hydrogens is 300 g/mol. The van der Waals surface area contributed by atoms with Crippen LogP contribution in [0.1, 0.15) is 23.7 Å². The predicted octanol–water partition coefficient (Wildman–Crippen LogP) is 5.23. The predicted molar refractivity (Wildman–Crippen MR) is 83.8 cm³/mol. The fourth-order valence-electron chi connectivity index (χ4n) is 1.99. The summed E-state index contributed by atoms with van der Waals surface area (Å²) in [6, 6.07) is 20.5. The molecule has 0 bridgehead atoms. The summed E-state index contributed by atoms with van der Waals surface area (Å²) in [7, 11) is 0. The highest BCUT2D eigenvalue weighted by Crippen LogP contribution is 2.32. The molecule has 0 saturated carbocycles. The average molecular weight is 319 g/mol. The maximum absolute atomic E-state index is 5.74. The smallest absolute Gasteiger partial charge is 0.119 e. The molecule has 2 unspecified atom stereocenters. The van der Waals surface area contributed by atoms with E-state index < -0.39 is 0 Å². The minimum Gasteiger partial charge on any atom is -0.494 e. The monoisotopic (exact) mass is 318 g/mol. The third kappa shape index (κ3) is 4.39. The van der Waals surface area contributed by atoms with Crippen LogP contribution in [0.3, 0.4) is 0 Å². The zero-order valence-electron chi connectivity index (χ0n) is 11.1. The Bertz CT molecular complexity index is 469. The van der Waals surface area contributed by atoms with Gasteiger partial charge in [-0.2, -0.15) is 0 Å². The number of hydrogen-bond acceptors (Lipinski definition) is 1. The molecule has 0 N–H and O–H groups in total. The van der Waals surface area contributed by atoms with Crippen LogP contribution in [0.2, 0.25) is 0 Å². The summed E-state index contributed by atoms with van der Waals surface area (Å²) in [5.41, 5.74) is 1.33. The molecule has 0 heterocycles. The van der Waals surface area contributed by atoms with Gasteiger partial charge in [0.2, 0.25) is 0 Å². The third-order valence-corrected chi connectivity index (χ3v) is 4.63. The van der Waals surface area contributed by atoms with Gasteiger partial charge in [0.1, 0.15) is 5.75 Å². The zero-order chi connectivity index (χ0) is 13.5. The zero-order valence-corrected chi connectivity index (χ0v) is 12.7. The topological polar surface area (TPSA) is 9.23 Å². The van der Waals surface area contributed by atoms with E-state index in [2.05, 4.69) is 47.1 Å². The molecule has 1 nitrogen and oxygen atoms in total. The van der Waals surface area contributed by atoms with Crippen molar-refractivity contribution in [3.05, 3.63) is 66.2 Å². The van der Waals surface area contributed by atoms with Gasteiger partial charge in [-0.25, -0.2) is 0 Å². The first kappa shape index (κ1) is 14.1. The molecule has 2 rings (SSSR count). The lowest BCUT2D eigenvalue weighted by Crippen LogP contribution is -2.09. The molecule has 0 aliphatic heterocycles. The van der Waals surface area contributed by atoms with Crippen LogP contribution in [0.4, 0.5) is 0 Å². The second kappa shape index (κ2) is 7.34. The average Bonchev–Trinajstić information content (AvgIpc) is 2.48. The standard InChI is InChI=1S/C17H19BrO/c1-14(17(18)15-8-4-2-5-9-15)12-13-19-16-10-6-3-7-11-16/h2-11,14,17H,12-13H2,1H3. The van der Waals surface area contributed by atoms with E-state index in [1.807, 2.05) is 36.4 Å². The molecule has 100 valence electrons. The summed E-state index contributed by atoms with van der Waals surface area (Å²) in [6.45, 7) is 3.00. The molecule has 19 heavy (non-hydrogen) atoms. The van der Waals surface area contributed by atoms with Gasteiger partial charge in [0.15, 0.2) is 0 Å². The van der Waals surface area contributed by atoms with Crippen molar-refractivity contribution in [2.24, 2.45) is 5.92 Å². The van der Waals surface area contributed by atoms with Gasteiger partial charge >= 0.3 is 0 Å². The Kier molecular flexibility index (Phi) is 5.46. The van der Waals surface area contributed by atoms with Gasteiger partial charge in [-0.15, -0.1) is 0 Å². The number of ether oxygens (including phenoxy) is 1. The van der Waals surface area contributed by atoms with E-state index in [0.29, 0.717) is 10.7 Å². The quantitative estimate of drug-likeness (QED) is 0.663. The van der Waals surface area contributed by atoms with Crippen molar-refractivity contribution in [1.29, 1.82) is 0 Å². The van der Waals surface area contributed by atoms with Crippen molar-refractivity contribution in [2.75, 3.05) is 6.61 Å². The number of halogens is 1. The number of hydrogen-bond donors (Lipinski definition) is 0. The Balaban J connectivity index is 1.80. The molecule has 0 amide bonds. The maximum Gasteiger partial charge on any atom is 0.119 e. The van der Waals surface area contributed by atoms with E-state index in [1.165, 1.54) is 5.56 Å². The van der Waals surface area contributed by atoms with Crippen LogP contribution in [0.25, 0.3) is 0 Å². The van der Waals surface area contributed by atoms with Crippen molar-refractivity contribution in [1.82, 2.24) is 0 Å². The van der Waals surface area contributed by atoms with Crippen molar-refractivity contribution in [3.63, 3.8) is 0 Å². The van der Waals surface area contributed by atoms with Crippen LogP contribution in [-0.4, -0.2) is 6.61 Å². The van der Waals surface area contributed by atoms with E-state index in [-0.39, 0.29) is 0 Å². The van der Waals surface area contributed by atoms with Crippen LogP contribution in [0, 0.1) is 5.92 Å². The van der Waals surface area contributed by atoms with Gasteiger partial charge in [0.05, 0.1) is 6.61 Å². The molecule has 0 aliphatic rings. The largest absolute Gasteiger partial charge is 0.494 e. The Morgan fingerprint density at radius 2 is 1.53 bits per heavy atom. The van der Waals surface area contributed by atoms with Crippen LogP contribution in [0.5, 0.6) is 5.75 Å². The van der Waals surface area contributed by atoms with E-state index in [4.69, 9.17) is 4.74 Å². The molecule has 0 aromatic heterocycles. The summed E-state index contributed by atoms with van der Waals surface area (Å²) in [5.74, 6) is 1.48. The number of para-hydroxylation sites is 1. The molecule has 0 aliphatic carbocycles. The first-order valence-corrected chi connectivity index (χ1v) is 7.56. The molecule has 2 aromatic rings. The first-order chi connectivity index (χ1) is 9.27. The Hall–Kier alpha value is -1.28. The highest BCUT2D eigenvalue weighted by molar-refractivity contribution is 9.09. The second-order valence-corrected chi connectivity index (χ2v) is 5.73. The van der Waals surface area contributed by atoms with Crippen LogP contribution >= 0.6 is 15.9 Å². The molecule has 2 heteroatoms. The number of benzene rings is 2. The molecule has 2 atom stereocenters. The second-order valence-electron chi connectivity index (χ2n) is 4.74. The van der Waals surface area contributed by atoms with E-state index in [9.17, 15) is 0 Å². The van der Waals surface area contributed by atoms with Gasteiger partial charge in [-0.05, 0) is 30.0 Å². The summed E-state index contributed by atoms with van der Waals surface area (Å²) in [5, 5.41) is 0. The highest BCUT2D eigenvalue weighted by atomic mass is 79.9. The Labute approximate surface area is 123 Å². The van der Waals surface area contributed by atoms with Crippen LogP contribution in [-0.2, 0) is 0 Å². The lowest BCUT2D eigenvalue weighted by molar-refractivity contribution is 0.283. The van der Waals surface area contributed by atoms with Gasteiger partial charge in [0.25, 0.3) is 0 Å². The van der Waals surface area contributed by atoms with Crippen molar-refractivity contribution < 1.29 is 4.74 Å². The molecule has 2 aromatic carbocycles. The molecular formula is C17H19BrO. The maximum atomic E-state index is 5.74. The highest BCUT2D eigenvalue weighted by Gasteiger charge is 2.15. The molecule has 0 saturated heterocycles. The first-order valence-electron chi connectivity index (χ1n) is 6.64. The SMILES string of the molecule is CC(CCOc1ccccc1)C(Br)c1ccccc1. The van der Waals surface area contributed by atoms with Gasteiger partial charge in [-0.1, -0.05) is 71.4 Å². The molecule has 0 spiro atoms. The lowest BCUT2D eigenvalue weighted by atomic mass is 9.98. The number of alkyl halides is 1. The van der Waals surface area contributed by atoms with Gasteiger partial charge in [0, 0.05) is 4.83 Å². The fourth-order valence-corrected chi connectivity index (χ4v) is 2.56. The Morgan fingerprint density at radius 1 is 0.947 bits per heavy atom. The summed E-state index contributed by atoms with van der Waals surface area (Å²) < 4.78 is 5.74. The number of rotatable bonds is 6. The summed E-state index contributed by atoms with van der Waals surface area (Å²) >= 11 is 3.78. The minimum atomic E-state index is 0.382. The van der Waals surface area contributed by atoms with Crippen molar-refractivity contribution in [2.45, 2.75) is 18.2 Å². The van der Waals surface area contributed by atoms with E-state index in [1.54, 1.807) is 0 Å². The fraction of sp³-hybridized carbons (Fsp3) is 0.294. The van der Waals surface area contributed by atoms with Crippen LogP contribution < -0.4 is 4.74 Å². The summed E-state index contributed by atoms with van der Waals surface area (Å²) in [4.78, 5) is 0.382.